The predicted octanol–water partition coefficient (Wildman–Crippen LogP) is 3.88. The monoisotopic (exact) mass is 450 g/mol. The molecule has 0 unspecified atom stereocenters. The number of nitrogens with one attached hydrogen (secondary N) is 2. The summed E-state index contributed by atoms with van der Waals surface area (Å²) < 4.78 is 5.65. The average Bonchev–Trinajstić information content (AvgIpc) is 3.01. The Kier molecular flexibility index (Phi) is 6.98. The van der Waals surface area contributed by atoms with Gasteiger partial charge < -0.3 is 20.5 Å². The maximum Gasteiger partial charge on any atom is 0.251 e. The largest absolute Gasteiger partial charge is 0.508 e. The number of benzene rings is 2. The van der Waals surface area contributed by atoms with E-state index in [9.17, 15) is 14.7 Å². The van der Waals surface area contributed by atoms with E-state index in [-0.39, 0.29) is 35.5 Å². The number of hydrogen-bond donors (Lipinski definition) is 3. The Bertz CT molecular complexity index is 1020. The van der Waals surface area contributed by atoms with Crippen LogP contribution in [0.5, 0.6) is 5.75 Å². The Morgan fingerprint density at radius 2 is 1.76 bits per heavy atom. The predicted molar refractivity (Wildman–Crippen MR) is 129 cm³/mol. The molecule has 0 aliphatic carbocycles. The second-order valence-electron chi connectivity index (χ2n) is 9.97. The molecule has 0 radical (unpaired) electrons. The standard InChI is InChI=1S/C27H34N2O4/c1-17-16-33-18(2)27(17,6)29-25(32)23(15-19-7-13-22(30)14-8-19)28-24(31)20-9-11-21(12-10-20)26(3,4)5/h7-14,18,23,30H,1,15-16H2,2-6H3,(H,28,31)(H,29,32)/t18-,23-,27-/m0/s1. The molecule has 6 heteroatoms. The normalized spacial score (nSPS) is 21.5. The molecule has 1 heterocycles. The van der Waals surface area contributed by atoms with Gasteiger partial charge in [-0.25, -0.2) is 0 Å². The van der Waals surface area contributed by atoms with Crippen molar-refractivity contribution in [2.24, 2.45) is 0 Å². The summed E-state index contributed by atoms with van der Waals surface area (Å²) in [6.07, 6.45) is 0.0410. The summed E-state index contributed by atoms with van der Waals surface area (Å²) >= 11 is 0. The SMILES string of the molecule is C=C1CO[C@@H](C)[C@@]1(C)NC(=O)[C@H](Cc1ccc(O)cc1)NC(=O)c1ccc(C(C)(C)C)cc1. The molecule has 1 fully saturated rings. The van der Waals surface area contributed by atoms with E-state index >= 15 is 0 Å². The first kappa shape index (κ1) is 24.5. The molecule has 1 saturated heterocycles. The fourth-order valence-corrected chi connectivity index (χ4v) is 3.80. The van der Waals surface area contributed by atoms with E-state index in [1.54, 1.807) is 36.4 Å². The van der Waals surface area contributed by atoms with Crippen LogP contribution in [0.3, 0.4) is 0 Å². The minimum absolute atomic E-state index is 0.0197. The van der Waals surface area contributed by atoms with Crippen LogP contribution in [0.25, 0.3) is 0 Å². The lowest BCUT2D eigenvalue weighted by molar-refractivity contribution is -0.125. The van der Waals surface area contributed by atoms with E-state index in [2.05, 4.69) is 38.0 Å². The highest BCUT2D eigenvalue weighted by Gasteiger charge is 2.42. The van der Waals surface area contributed by atoms with Crippen molar-refractivity contribution >= 4 is 11.8 Å². The Hall–Kier alpha value is -3.12. The molecular weight excluding hydrogens is 416 g/mol. The maximum atomic E-state index is 13.3. The van der Waals surface area contributed by atoms with E-state index < -0.39 is 11.6 Å². The summed E-state index contributed by atoms with van der Waals surface area (Å²) in [5.41, 5.74) is 2.48. The zero-order valence-corrected chi connectivity index (χ0v) is 20.1. The zero-order valence-electron chi connectivity index (χ0n) is 20.1. The minimum Gasteiger partial charge on any atom is -0.508 e. The fraction of sp³-hybridized carbons (Fsp3) is 0.407. The fourth-order valence-electron chi connectivity index (χ4n) is 3.80. The Labute approximate surface area is 196 Å². The molecule has 0 aromatic heterocycles. The van der Waals surface area contributed by atoms with Crippen molar-refractivity contribution in [3.8, 4) is 5.75 Å². The molecule has 1 aliphatic rings. The Morgan fingerprint density at radius 1 is 1.15 bits per heavy atom. The molecule has 1 aliphatic heterocycles. The Balaban J connectivity index is 1.82. The summed E-state index contributed by atoms with van der Waals surface area (Å²) in [6, 6.07) is 13.2. The molecule has 3 rings (SSSR count). The van der Waals surface area contributed by atoms with Gasteiger partial charge in [0.1, 0.15) is 11.8 Å². The number of ether oxygens (including phenoxy) is 1. The van der Waals surface area contributed by atoms with Crippen LogP contribution in [0.15, 0.2) is 60.7 Å². The van der Waals surface area contributed by atoms with Gasteiger partial charge in [-0.1, -0.05) is 51.6 Å². The first-order valence-electron chi connectivity index (χ1n) is 11.2. The number of amides is 2. The Morgan fingerprint density at radius 3 is 2.27 bits per heavy atom. The van der Waals surface area contributed by atoms with E-state index in [0.29, 0.717) is 12.2 Å². The highest BCUT2D eigenvalue weighted by Crippen LogP contribution is 2.29. The lowest BCUT2D eigenvalue weighted by Gasteiger charge is -2.32. The van der Waals surface area contributed by atoms with Crippen molar-refractivity contribution in [1.29, 1.82) is 0 Å². The highest BCUT2D eigenvalue weighted by atomic mass is 16.5. The molecule has 3 atom stereocenters. The smallest absolute Gasteiger partial charge is 0.251 e. The van der Waals surface area contributed by atoms with E-state index in [4.69, 9.17) is 4.74 Å². The van der Waals surface area contributed by atoms with Crippen LogP contribution in [0.1, 0.15) is 56.1 Å². The zero-order chi connectivity index (χ0) is 24.4. The third kappa shape index (κ3) is 5.63. The molecule has 0 bridgehead atoms. The number of phenols is 1. The van der Waals surface area contributed by atoms with Crippen molar-refractivity contribution in [2.75, 3.05) is 6.61 Å². The molecular formula is C27H34N2O4. The number of hydrogen-bond acceptors (Lipinski definition) is 4. The second-order valence-corrected chi connectivity index (χ2v) is 9.97. The molecule has 176 valence electrons. The molecule has 2 aromatic rings. The minimum atomic E-state index is -0.818. The van der Waals surface area contributed by atoms with Crippen molar-refractivity contribution in [3.05, 3.63) is 77.4 Å². The van der Waals surface area contributed by atoms with E-state index in [0.717, 1.165) is 16.7 Å². The van der Waals surface area contributed by atoms with Crippen LogP contribution < -0.4 is 10.6 Å². The van der Waals surface area contributed by atoms with Crippen LogP contribution in [0, 0.1) is 0 Å². The van der Waals surface area contributed by atoms with Gasteiger partial charge in [0.2, 0.25) is 5.91 Å². The maximum absolute atomic E-state index is 13.3. The van der Waals surface area contributed by atoms with E-state index in [1.807, 2.05) is 26.0 Å². The highest BCUT2D eigenvalue weighted by molar-refractivity contribution is 5.97. The summed E-state index contributed by atoms with van der Waals surface area (Å²) in [6.45, 7) is 14.5. The quantitative estimate of drug-likeness (QED) is 0.583. The lowest BCUT2D eigenvalue weighted by Crippen LogP contribution is -2.58. The van der Waals surface area contributed by atoms with Crippen molar-refractivity contribution in [2.45, 2.75) is 64.1 Å². The van der Waals surface area contributed by atoms with Gasteiger partial charge in [0.05, 0.1) is 18.2 Å². The van der Waals surface area contributed by atoms with Gasteiger partial charge in [-0.15, -0.1) is 0 Å². The first-order chi connectivity index (χ1) is 15.4. The summed E-state index contributed by atoms with van der Waals surface area (Å²) in [5.74, 6) is -0.499. The van der Waals surface area contributed by atoms with Gasteiger partial charge in [0.15, 0.2) is 0 Å². The van der Waals surface area contributed by atoms with Gasteiger partial charge >= 0.3 is 0 Å². The second kappa shape index (κ2) is 9.40. The number of carbonyl (C=O) groups is 2. The summed E-state index contributed by atoms with van der Waals surface area (Å²) in [5, 5.41) is 15.5. The number of carbonyl (C=O) groups excluding carboxylic acids is 2. The van der Waals surface area contributed by atoms with Crippen molar-refractivity contribution in [1.82, 2.24) is 10.6 Å². The van der Waals surface area contributed by atoms with Crippen molar-refractivity contribution < 1.29 is 19.4 Å². The molecule has 6 nitrogen and oxygen atoms in total. The van der Waals surface area contributed by atoms with Crippen molar-refractivity contribution in [3.63, 3.8) is 0 Å². The van der Waals surface area contributed by atoms with Gasteiger partial charge in [-0.3, -0.25) is 9.59 Å². The van der Waals surface area contributed by atoms with Crippen LogP contribution in [0.2, 0.25) is 0 Å². The molecule has 0 spiro atoms. The van der Waals surface area contributed by atoms with Gasteiger partial charge in [-0.2, -0.15) is 0 Å². The summed E-state index contributed by atoms with van der Waals surface area (Å²) in [7, 11) is 0. The van der Waals surface area contributed by atoms with Crippen LogP contribution in [-0.4, -0.2) is 41.2 Å². The molecule has 3 N–H and O–H groups in total. The van der Waals surface area contributed by atoms with E-state index in [1.165, 1.54) is 0 Å². The van der Waals surface area contributed by atoms with Crippen LogP contribution in [-0.2, 0) is 21.4 Å². The molecule has 0 saturated carbocycles. The molecule has 33 heavy (non-hydrogen) atoms. The first-order valence-corrected chi connectivity index (χ1v) is 11.2. The number of rotatable bonds is 6. The van der Waals surface area contributed by atoms with Gasteiger partial charge in [-0.05, 0) is 60.2 Å². The topological polar surface area (TPSA) is 87.7 Å². The third-order valence-corrected chi connectivity index (χ3v) is 6.45. The summed E-state index contributed by atoms with van der Waals surface area (Å²) in [4.78, 5) is 26.4. The lowest BCUT2D eigenvalue weighted by atomic mass is 9.86. The van der Waals surface area contributed by atoms with Crippen LogP contribution in [0.4, 0.5) is 0 Å². The number of aromatic hydroxyl groups is 1. The van der Waals surface area contributed by atoms with Crippen LogP contribution >= 0.6 is 0 Å². The van der Waals surface area contributed by atoms with Gasteiger partial charge in [0.25, 0.3) is 5.91 Å². The van der Waals surface area contributed by atoms with Gasteiger partial charge in [0, 0.05) is 12.0 Å². The average molecular weight is 451 g/mol. The number of phenolic OH excluding ortho intramolecular Hbond substituents is 1. The third-order valence-electron chi connectivity index (χ3n) is 6.45. The molecule has 2 amide bonds. The molecule has 2 aromatic carbocycles.